The van der Waals surface area contributed by atoms with Crippen LogP contribution in [0.4, 0.5) is 19.0 Å². The number of aromatic nitrogens is 2. The van der Waals surface area contributed by atoms with Crippen LogP contribution in [0.2, 0.25) is 5.02 Å². The molecule has 0 unspecified atom stereocenters. The Bertz CT molecular complexity index is 1030. The summed E-state index contributed by atoms with van der Waals surface area (Å²) >= 11 is 6.06. The van der Waals surface area contributed by atoms with Gasteiger partial charge in [-0.25, -0.2) is 4.98 Å². The molecular formula is C19H13ClF3N3O. The summed E-state index contributed by atoms with van der Waals surface area (Å²) in [4.78, 5) is 16.6. The van der Waals surface area contributed by atoms with Crippen molar-refractivity contribution in [2.75, 3.05) is 5.32 Å². The monoisotopic (exact) mass is 391 g/mol. The van der Waals surface area contributed by atoms with Crippen LogP contribution in [0.1, 0.15) is 29.2 Å². The number of anilines is 1. The van der Waals surface area contributed by atoms with Gasteiger partial charge in [0.05, 0.1) is 11.3 Å². The van der Waals surface area contributed by atoms with E-state index in [9.17, 15) is 18.0 Å². The number of hydrogen-bond acceptors (Lipinski definition) is 2. The van der Waals surface area contributed by atoms with Gasteiger partial charge in [-0.2, -0.15) is 13.2 Å². The van der Waals surface area contributed by atoms with E-state index < -0.39 is 11.7 Å². The average Bonchev–Trinajstić information content (AvgIpc) is 3.04. The van der Waals surface area contributed by atoms with Gasteiger partial charge in [0.2, 0.25) is 5.91 Å². The number of carbonyl (C=O) groups is 1. The van der Waals surface area contributed by atoms with Crippen LogP contribution in [0.25, 0.3) is 5.69 Å². The van der Waals surface area contributed by atoms with Crippen LogP contribution in [-0.2, 0) is 11.0 Å². The van der Waals surface area contributed by atoms with E-state index in [0.717, 1.165) is 17.7 Å². The Kier molecular flexibility index (Phi) is 4.19. The van der Waals surface area contributed by atoms with Crippen molar-refractivity contribution in [1.82, 2.24) is 9.55 Å². The van der Waals surface area contributed by atoms with Crippen LogP contribution in [0.3, 0.4) is 0 Å². The number of nitrogens with one attached hydrogen (secondary N) is 1. The van der Waals surface area contributed by atoms with Crippen molar-refractivity contribution in [1.29, 1.82) is 0 Å². The van der Waals surface area contributed by atoms with Gasteiger partial charge in [-0.15, -0.1) is 0 Å². The first kappa shape index (κ1) is 17.6. The van der Waals surface area contributed by atoms with Gasteiger partial charge in [-0.05, 0) is 35.9 Å². The third-order valence-corrected chi connectivity index (χ3v) is 4.71. The summed E-state index contributed by atoms with van der Waals surface area (Å²) in [6.07, 6.45) is -2.85. The summed E-state index contributed by atoms with van der Waals surface area (Å²) in [6, 6.07) is 12.0. The molecule has 1 amide bonds. The summed E-state index contributed by atoms with van der Waals surface area (Å²) in [5, 5.41) is 3.27. The van der Waals surface area contributed by atoms with Crippen LogP contribution in [-0.4, -0.2) is 15.5 Å². The van der Waals surface area contributed by atoms with E-state index in [1.807, 2.05) is 6.07 Å². The number of alkyl halides is 3. The third-order valence-electron chi connectivity index (χ3n) is 4.48. The van der Waals surface area contributed by atoms with Crippen LogP contribution < -0.4 is 5.32 Å². The predicted molar refractivity (Wildman–Crippen MR) is 95.1 cm³/mol. The lowest BCUT2D eigenvalue weighted by molar-refractivity contribution is -0.137. The van der Waals surface area contributed by atoms with Crippen LogP contribution in [0.5, 0.6) is 0 Å². The Morgan fingerprint density at radius 3 is 2.67 bits per heavy atom. The SMILES string of the molecule is O=C1C[C@H](c2cccc(Cl)c2)c2ncn(-c3cccc(C(F)(F)F)c3)c2N1. The molecule has 138 valence electrons. The Labute approximate surface area is 157 Å². The number of hydrogen-bond donors (Lipinski definition) is 1. The second-order valence-electron chi connectivity index (χ2n) is 6.26. The molecule has 27 heavy (non-hydrogen) atoms. The molecule has 0 fully saturated rings. The highest BCUT2D eigenvalue weighted by atomic mass is 35.5. The topological polar surface area (TPSA) is 46.9 Å². The average molecular weight is 392 g/mol. The lowest BCUT2D eigenvalue weighted by atomic mass is 9.90. The quantitative estimate of drug-likeness (QED) is 0.666. The molecule has 4 rings (SSSR count). The summed E-state index contributed by atoms with van der Waals surface area (Å²) in [5.74, 6) is -0.184. The minimum absolute atomic E-state index is 0.187. The molecule has 0 spiro atoms. The van der Waals surface area contributed by atoms with Crippen molar-refractivity contribution in [3.63, 3.8) is 0 Å². The van der Waals surface area contributed by atoms with Gasteiger partial charge in [-0.1, -0.05) is 29.8 Å². The van der Waals surface area contributed by atoms with Crippen molar-refractivity contribution < 1.29 is 18.0 Å². The van der Waals surface area contributed by atoms with Crippen molar-refractivity contribution in [3.05, 3.63) is 76.7 Å². The number of carbonyl (C=O) groups excluding carboxylic acids is 1. The third kappa shape index (κ3) is 3.30. The molecule has 8 heteroatoms. The number of nitrogens with zero attached hydrogens (tertiary/aromatic N) is 2. The normalized spacial score (nSPS) is 16.7. The number of fused-ring (bicyclic) bond motifs is 1. The fourth-order valence-corrected chi connectivity index (χ4v) is 3.43. The highest BCUT2D eigenvalue weighted by Gasteiger charge is 2.33. The van der Waals surface area contributed by atoms with Crippen molar-refractivity contribution in [3.8, 4) is 5.69 Å². The summed E-state index contributed by atoms with van der Waals surface area (Å²) < 4.78 is 40.5. The number of benzene rings is 2. The second kappa shape index (κ2) is 6.42. The molecule has 1 atom stereocenters. The predicted octanol–water partition coefficient (Wildman–Crippen LogP) is 5.02. The highest BCUT2D eigenvalue weighted by molar-refractivity contribution is 6.30. The molecular weight excluding hydrogens is 379 g/mol. The molecule has 1 N–H and O–H groups in total. The van der Waals surface area contributed by atoms with Gasteiger partial charge < -0.3 is 5.32 Å². The zero-order valence-electron chi connectivity index (χ0n) is 13.8. The molecule has 1 aromatic heterocycles. The van der Waals surface area contributed by atoms with E-state index in [0.29, 0.717) is 16.5 Å². The number of rotatable bonds is 2. The van der Waals surface area contributed by atoms with Gasteiger partial charge in [0.25, 0.3) is 0 Å². The Balaban J connectivity index is 1.81. The van der Waals surface area contributed by atoms with Crippen molar-refractivity contribution >= 4 is 23.3 Å². The largest absolute Gasteiger partial charge is 0.416 e. The fourth-order valence-electron chi connectivity index (χ4n) is 3.23. The molecule has 2 aromatic carbocycles. The number of halogens is 4. The smallest absolute Gasteiger partial charge is 0.310 e. The minimum atomic E-state index is -4.46. The maximum Gasteiger partial charge on any atom is 0.416 e. The highest BCUT2D eigenvalue weighted by Crippen LogP contribution is 2.38. The van der Waals surface area contributed by atoms with Crippen molar-refractivity contribution in [2.45, 2.75) is 18.5 Å². The van der Waals surface area contributed by atoms with E-state index in [4.69, 9.17) is 11.6 Å². The molecule has 1 aliphatic heterocycles. The minimum Gasteiger partial charge on any atom is -0.310 e. The Morgan fingerprint density at radius 2 is 1.93 bits per heavy atom. The van der Waals surface area contributed by atoms with Gasteiger partial charge in [0.15, 0.2) is 0 Å². The molecule has 0 radical (unpaired) electrons. The van der Waals surface area contributed by atoms with E-state index in [-0.39, 0.29) is 23.9 Å². The second-order valence-corrected chi connectivity index (χ2v) is 6.69. The van der Waals surface area contributed by atoms with Crippen molar-refractivity contribution in [2.24, 2.45) is 0 Å². The maximum atomic E-state index is 13.0. The molecule has 2 heterocycles. The molecule has 0 aliphatic carbocycles. The first-order valence-electron chi connectivity index (χ1n) is 8.13. The number of amides is 1. The van der Waals surface area contributed by atoms with Gasteiger partial charge in [0.1, 0.15) is 12.1 Å². The van der Waals surface area contributed by atoms with E-state index in [2.05, 4.69) is 10.3 Å². The summed E-state index contributed by atoms with van der Waals surface area (Å²) in [5.41, 5.74) is 0.920. The van der Waals surface area contributed by atoms with Crippen LogP contribution in [0, 0.1) is 0 Å². The summed E-state index contributed by atoms with van der Waals surface area (Å²) in [6.45, 7) is 0. The van der Waals surface area contributed by atoms with Gasteiger partial charge in [0, 0.05) is 23.0 Å². The molecule has 0 saturated carbocycles. The van der Waals surface area contributed by atoms with Gasteiger partial charge >= 0.3 is 6.18 Å². The maximum absolute atomic E-state index is 13.0. The van der Waals surface area contributed by atoms with E-state index in [1.54, 1.807) is 18.2 Å². The van der Waals surface area contributed by atoms with E-state index in [1.165, 1.54) is 23.0 Å². The molecule has 0 bridgehead atoms. The van der Waals surface area contributed by atoms with Crippen LogP contribution >= 0.6 is 11.6 Å². The standard InChI is InChI=1S/C19H13ClF3N3O/c20-13-5-1-3-11(7-13)15-9-16(27)25-18-17(15)24-10-26(18)14-6-2-4-12(8-14)19(21,22)23/h1-8,10,15H,9H2,(H,25,27)/t15-/m1/s1. The first-order valence-corrected chi connectivity index (χ1v) is 8.51. The fraction of sp³-hybridized carbons (Fsp3) is 0.158. The van der Waals surface area contributed by atoms with Gasteiger partial charge in [-0.3, -0.25) is 9.36 Å². The number of imidazole rings is 1. The molecule has 3 aromatic rings. The molecule has 4 nitrogen and oxygen atoms in total. The zero-order valence-corrected chi connectivity index (χ0v) is 14.6. The van der Waals surface area contributed by atoms with E-state index >= 15 is 0 Å². The van der Waals surface area contributed by atoms with Crippen LogP contribution in [0.15, 0.2) is 54.9 Å². The Hall–Kier alpha value is -2.80. The molecule has 1 aliphatic rings. The molecule has 0 saturated heterocycles. The first-order chi connectivity index (χ1) is 12.8. The lowest BCUT2D eigenvalue weighted by Gasteiger charge is -2.23. The summed E-state index contributed by atoms with van der Waals surface area (Å²) in [7, 11) is 0. The Morgan fingerprint density at radius 1 is 1.15 bits per heavy atom. The zero-order chi connectivity index (χ0) is 19.2. The lowest BCUT2D eigenvalue weighted by Crippen LogP contribution is -2.25.